The Bertz CT molecular complexity index is 516. The van der Waals surface area contributed by atoms with Crippen molar-refractivity contribution in [2.24, 2.45) is 10.7 Å². The first-order valence-electron chi connectivity index (χ1n) is 6.69. The SMILES string of the molecule is Cc1ccc(C)c(C2(C)CN=C(N)N2C2CC2)c1. The van der Waals surface area contributed by atoms with Crippen LogP contribution >= 0.6 is 0 Å². The van der Waals surface area contributed by atoms with Gasteiger partial charge in [0.05, 0.1) is 12.1 Å². The maximum Gasteiger partial charge on any atom is 0.192 e. The summed E-state index contributed by atoms with van der Waals surface area (Å²) in [5, 5.41) is 0. The van der Waals surface area contributed by atoms with E-state index in [1.807, 2.05) is 0 Å². The van der Waals surface area contributed by atoms with Gasteiger partial charge in [-0.1, -0.05) is 23.8 Å². The summed E-state index contributed by atoms with van der Waals surface area (Å²) in [6.07, 6.45) is 2.49. The first-order valence-corrected chi connectivity index (χ1v) is 6.69. The van der Waals surface area contributed by atoms with Crippen LogP contribution in [0.3, 0.4) is 0 Å². The van der Waals surface area contributed by atoms with Gasteiger partial charge < -0.3 is 10.6 Å². The van der Waals surface area contributed by atoms with Crippen molar-refractivity contribution in [1.82, 2.24) is 4.90 Å². The third-order valence-electron chi connectivity index (χ3n) is 4.21. The van der Waals surface area contributed by atoms with E-state index in [4.69, 9.17) is 5.73 Å². The Morgan fingerprint density at radius 3 is 2.72 bits per heavy atom. The standard InChI is InChI=1S/C15H21N3/c1-10-4-5-11(2)13(8-10)15(3)9-17-14(16)18(15)12-6-7-12/h4-5,8,12H,6-7,9H2,1-3H3,(H2,16,17). The second kappa shape index (κ2) is 3.74. The second-order valence-electron chi connectivity index (χ2n) is 5.87. The van der Waals surface area contributed by atoms with Crippen LogP contribution in [0, 0.1) is 13.8 Å². The van der Waals surface area contributed by atoms with E-state index in [1.54, 1.807) is 0 Å². The summed E-state index contributed by atoms with van der Waals surface area (Å²) in [7, 11) is 0. The molecule has 3 heteroatoms. The average molecular weight is 243 g/mol. The monoisotopic (exact) mass is 243 g/mol. The highest BCUT2D eigenvalue weighted by atomic mass is 15.4. The lowest BCUT2D eigenvalue weighted by Crippen LogP contribution is -2.49. The molecular weight excluding hydrogens is 222 g/mol. The zero-order valence-corrected chi connectivity index (χ0v) is 11.4. The number of nitrogens with zero attached hydrogens (tertiary/aromatic N) is 2. The fourth-order valence-electron chi connectivity index (χ4n) is 3.09. The lowest BCUT2D eigenvalue weighted by atomic mass is 9.86. The molecule has 1 aromatic carbocycles. The van der Waals surface area contributed by atoms with Crippen LogP contribution in [0.1, 0.15) is 36.5 Å². The van der Waals surface area contributed by atoms with Crippen molar-refractivity contribution in [2.75, 3.05) is 6.54 Å². The summed E-state index contributed by atoms with van der Waals surface area (Å²) in [6.45, 7) is 7.38. The molecule has 0 radical (unpaired) electrons. The largest absolute Gasteiger partial charge is 0.370 e. The van der Waals surface area contributed by atoms with Crippen LogP contribution < -0.4 is 5.73 Å². The quantitative estimate of drug-likeness (QED) is 0.866. The maximum absolute atomic E-state index is 6.10. The number of aliphatic imine (C=N–C) groups is 1. The van der Waals surface area contributed by atoms with E-state index in [1.165, 1.54) is 29.5 Å². The molecule has 1 heterocycles. The molecule has 0 bridgehead atoms. The summed E-state index contributed by atoms with van der Waals surface area (Å²) < 4.78 is 0. The number of benzene rings is 1. The molecule has 1 aromatic rings. The van der Waals surface area contributed by atoms with Crippen molar-refractivity contribution in [3.8, 4) is 0 Å². The summed E-state index contributed by atoms with van der Waals surface area (Å²) in [5.41, 5.74) is 10.1. The molecule has 1 atom stereocenters. The highest BCUT2D eigenvalue weighted by Crippen LogP contribution is 2.42. The third-order valence-corrected chi connectivity index (χ3v) is 4.21. The smallest absolute Gasteiger partial charge is 0.192 e. The van der Waals surface area contributed by atoms with Crippen LogP contribution in [0.25, 0.3) is 0 Å². The number of aryl methyl sites for hydroxylation is 2. The Hall–Kier alpha value is -1.51. The maximum atomic E-state index is 6.10. The van der Waals surface area contributed by atoms with Crippen molar-refractivity contribution in [3.05, 3.63) is 34.9 Å². The molecule has 0 spiro atoms. The topological polar surface area (TPSA) is 41.6 Å². The van der Waals surface area contributed by atoms with E-state index in [-0.39, 0.29) is 5.54 Å². The van der Waals surface area contributed by atoms with Gasteiger partial charge in [-0.3, -0.25) is 4.99 Å². The van der Waals surface area contributed by atoms with Gasteiger partial charge in [-0.2, -0.15) is 0 Å². The molecule has 3 nitrogen and oxygen atoms in total. The summed E-state index contributed by atoms with van der Waals surface area (Å²) in [4.78, 5) is 6.84. The van der Waals surface area contributed by atoms with Crippen molar-refractivity contribution in [3.63, 3.8) is 0 Å². The molecule has 0 amide bonds. The molecule has 96 valence electrons. The normalized spacial score (nSPS) is 27.5. The van der Waals surface area contributed by atoms with Gasteiger partial charge in [0.25, 0.3) is 0 Å². The predicted molar refractivity (Wildman–Crippen MR) is 74.6 cm³/mol. The lowest BCUT2D eigenvalue weighted by Gasteiger charge is -2.38. The molecule has 1 saturated carbocycles. The molecule has 1 aliphatic carbocycles. The minimum absolute atomic E-state index is 0.0542. The molecule has 0 saturated heterocycles. The summed E-state index contributed by atoms with van der Waals surface area (Å²) in [6, 6.07) is 7.26. The van der Waals surface area contributed by atoms with Gasteiger partial charge >= 0.3 is 0 Å². The van der Waals surface area contributed by atoms with Gasteiger partial charge in [0.1, 0.15) is 0 Å². The molecular formula is C15H21N3. The highest BCUT2D eigenvalue weighted by Gasteiger charge is 2.47. The van der Waals surface area contributed by atoms with Crippen molar-refractivity contribution in [1.29, 1.82) is 0 Å². The fourth-order valence-corrected chi connectivity index (χ4v) is 3.09. The zero-order valence-electron chi connectivity index (χ0n) is 11.4. The van der Waals surface area contributed by atoms with Gasteiger partial charge in [0.15, 0.2) is 5.96 Å². The Kier molecular flexibility index (Phi) is 2.40. The Morgan fingerprint density at radius 2 is 2.06 bits per heavy atom. The molecule has 1 unspecified atom stereocenters. The van der Waals surface area contributed by atoms with Gasteiger partial charge in [-0.25, -0.2) is 0 Å². The molecule has 2 N–H and O–H groups in total. The Balaban J connectivity index is 2.06. The number of hydrogen-bond donors (Lipinski definition) is 1. The van der Waals surface area contributed by atoms with Crippen LogP contribution in [0.5, 0.6) is 0 Å². The van der Waals surface area contributed by atoms with Gasteiger partial charge in [-0.15, -0.1) is 0 Å². The minimum Gasteiger partial charge on any atom is -0.370 e. The molecule has 2 aliphatic rings. The number of rotatable bonds is 2. The van der Waals surface area contributed by atoms with Gasteiger partial charge in [0, 0.05) is 6.04 Å². The lowest BCUT2D eigenvalue weighted by molar-refractivity contribution is 0.215. The second-order valence-corrected chi connectivity index (χ2v) is 5.87. The molecule has 3 rings (SSSR count). The van der Waals surface area contributed by atoms with Crippen molar-refractivity contribution >= 4 is 5.96 Å². The van der Waals surface area contributed by atoms with E-state index in [0.717, 1.165) is 12.5 Å². The van der Waals surface area contributed by atoms with Crippen LogP contribution in [-0.4, -0.2) is 23.4 Å². The molecule has 0 aromatic heterocycles. The van der Waals surface area contributed by atoms with Crippen LogP contribution in [0.2, 0.25) is 0 Å². The number of guanidine groups is 1. The molecule has 18 heavy (non-hydrogen) atoms. The molecule has 1 fully saturated rings. The van der Waals surface area contributed by atoms with Crippen LogP contribution in [0.15, 0.2) is 23.2 Å². The van der Waals surface area contributed by atoms with E-state index in [0.29, 0.717) is 6.04 Å². The van der Waals surface area contributed by atoms with E-state index in [9.17, 15) is 0 Å². The van der Waals surface area contributed by atoms with E-state index < -0.39 is 0 Å². The summed E-state index contributed by atoms with van der Waals surface area (Å²) in [5.74, 6) is 0.723. The van der Waals surface area contributed by atoms with Crippen LogP contribution in [0.4, 0.5) is 0 Å². The highest BCUT2D eigenvalue weighted by molar-refractivity contribution is 5.82. The number of hydrogen-bond acceptors (Lipinski definition) is 3. The fraction of sp³-hybridized carbons (Fsp3) is 0.533. The Morgan fingerprint density at radius 1 is 1.33 bits per heavy atom. The van der Waals surface area contributed by atoms with Crippen molar-refractivity contribution in [2.45, 2.75) is 45.2 Å². The average Bonchev–Trinajstić information content (AvgIpc) is 3.10. The molecule has 1 aliphatic heterocycles. The first-order chi connectivity index (χ1) is 8.52. The van der Waals surface area contributed by atoms with Crippen LogP contribution in [-0.2, 0) is 5.54 Å². The van der Waals surface area contributed by atoms with Crippen molar-refractivity contribution < 1.29 is 0 Å². The Labute approximate surface area is 109 Å². The van der Waals surface area contributed by atoms with E-state index >= 15 is 0 Å². The number of nitrogens with two attached hydrogens (primary N) is 1. The van der Waals surface area contributed by atoms with Gasteiger partial charge in [0.2, 0.25) is 0 Å². The zero-order chi connectivity index (χ0) is 12.9. The van der Waals surface area contributed by atoms with E-state index in [2.05, 4.69) is 48.9 Å². The third kappa shape index (κ3) is 1.61. The van der Waals surface area contributed by atoms with Gasteiger partial charge in [-0.05, 0) is 44.7 Å². The first kappa shape index (κ1) is 11.6. The minimum atomic E-state index is -0.0542. The summed E-state index contributed by atoms with van der Waals surface area (Å²) >= 11 is 0. The predicted octanol–water partition coefficient (Wildman–Crippen LogP) is 2.31.